The molecule has 1 unspecified atom stereocenters. The summed E-state index contributed by atoms with van der Waals surface area (Å²) in [5.74, 6) is 0.120. The Morgan fingerprint density at radius 1 is 1.43 bits per heavy atom. The summed E-state index contributed by atoms with van der Waals surface area (Å²) in [4.78, 5) is 15.0. The summed E-state index contributed by atoms with van der Waals surface area (Å²) >= 11 is 0. The Balaban J connectivity index is 1.69. The predicted molar refractivity (Wildman–Crippen MR) is 79.8 cm³/mol. The minimum absolute atomic E-state index is 0.152. The van der Waals surface area contributed by atoms with Crippen molar-refractivity contribution < 1.29 is 9.13 Å². The van der Waals surface area contributed by atoms with Gasteiger partial charge in [0.2, 0.25) is 0 Å². The fraction of sp³-hybridized carbons (Fsp3) is 0.438. The summed E-state index contributed by atoms with van der Waals surface area (Å²) in [5.41, 5.74) is 0.832. The molecule has 21 heavy (non-hydrogen) atoms. The molecule has 1 saturated heterocycles. The smallest absolute Gasteiger partial charge is 0.189 e. The van der Waals surface area contributed by atoms with Crippen LogP contribution >= 0.6 is 0 Å². The molecule has 2 aromatic rings. The zero-order chi connectivity index (χ0) is 14.7. The molecule has 1 aliphatic rings. The van der Waals surface area contributed by atoms with Crippen molar-refractivity contribution in [3.05, 3.63) is 46.0 Å². The molecule has 1 aromatic heterocycles. The second-order valence-electron chi connectivity index (χ2n) is 5.54. The molecule has 0 bridgehead atoms. The van der Waals surface area contributed by atoms with Gasteiger partial charge in [0.1, 0.15) is 5.82 Å². The van der Waals surface area contributed by atoms with E-state index in [0.717, 1.165) is 32.6 Å². The van der Waals surface area contributed by atoms with E-state index in [0.29, 0.717) is 23.5 Å². The molecule has 0 aliphatic carbocycles. The molecule has 4 nitrogen and oxygen atoms in total. The van der Waals surface area contributed by atoms with E-state index in [-0.39, 0.29) is 10.9 Å². The van der Waals surface area contributed by atoms with Crippen molar-refractivity contribution in [2.75, 3.05) is 19.8 Å². The Hall–Kier alpha value is -1.72. The van der Waals surface area contributed by atoms with Gasteiger partial charge in [-0.3, -0.25) is 4.79 Å². The van der Waals surface area contributed by atoms with E-state index in [4.69, 9.17) is 4.74 Å². The SMILES string of the molecule is O=c1cc(CNCC2CCCOC2)[nH]c2c(F)cccc12. The maximum atomic E-state index is 13.8. The van der Waals surface area contributed by atoms with Gasteiger partial charge in [-0.1, -0.05) is 6.07 Å². The number of pyridine rings is 1. The number of halogens is 1. The number of nitrogens with one attached hydrogen (secondary N) is 2. The van der Waals surface area contributed by atoms with Crippen LogP contribution in [0.3, 0.4) is 0 Å². The van der Waals surface area contributed by atoms with Crippen LogP contribution in [0.1, 0.15) is 18.5 Å². The van der Waals surface area contributed by atoms with Gasteiger partial charge in [-0.05, 0) is 30.9 Å². The number of H-pyrrole nitrogens is 1. The standard InChI is InChI=1S/C16H19FN2O2/c17-14-5-1-4-13-15(20)7-12(19-16(13)14)9-18-8-11-3-2-6-21-10-11/h1,4-5,7,11,18H,2-3,6,8-10H2,(H,19,20). The molecule has 0 amide bonds. The van der Waals surface area contributed by atoms with E-state index in [9.17, 15) is 9.18 Å². The fourth-order valence-electron chi connectivity index (χ4n) is 2.76. The van der Waals surface area contributed by atoms with Crippen molar-refractivity contribution in [3.63, 3.8) is 0 Å². The number of fused-ring (bicyclic) bond motifs is 1. The normalized spacial score (nSPS) is 19.0. The highest BCUT2D eigenvalue weighted by Crippen LogP contribution is 2.14. The number of aromatic nitrogens is 1. The summed E-state index contributed by atoms with van der Waals surface area (Å²) in [6, 6.07) is 6.07. The van der Waals surface area contributed by atoms with E-state index in [1.54, 1.807) is 12.1 Å². The molecule has 0 radical (unpaired) electrons. The molecule has 0 saturated carbocycles. The van der Waals surface area contributed by atoms with Crippen LogP contribution in [0.5, 0.6) is 0 Å². The molecule has 5 heteroatoms. The average molecular weight is 290 g/mol. The highest BCUT2D eigenvalue weighted by Gasteiger charge is 2.13. The van der Waals surface area contributed by atoms with E-state index in [1.807, 2.05) is 0 Å². The van der Waals surface area contributed by atoms with E-state index >= 15 is 0 Å². The molecule has 1 fully saturated rings. The predicted octanol–water partition coefficient (Wildman–Crippen LogP) is 2.18. The third kappa shape index (κ3) is 3.31. The van der Waals surface area contributed by atoms with Crippen molar-refractivity contribution in [3.8, 4) is 0 Å². The lowest BCUT2D eigenvalue weighted by Gasteiger charge is -2.22. The van der Waals surface area contributed by atoms with Gasteiger partial charge in [0, 0.05) is 36.8 Å². The van der Waals surface area contributed by atoms with Crippen molar-refractivity contribution in [1.82, 2.24) is 10.3 Å². The summed E-state index contributed by atoms with van der Waals surface area (Å²) in [6.07, 6.45) is 2.26. The van der Waals surface area contributed by atoms with Crippen LogP contribution in [0, 0.1) is 11.7 Å². The van der Waals surface area contributed by atoms with Gasteiger partial charge in [0.05, 0.1) is 12.1 Å². The van der Waals surface area contributed by atoms with Gasteiger partial charge >= 0.3 is 0 Å². The van der Waals surface area contributed by atoms with E-state index in [2.05, 4.69) is 10.3 Å². The van der Waals surface area contributed by atoms with Gasteiger partial charge < -0.3 is 15.0 Å². The monoisotopic (exact) mass is 290 g/mol. The molecule has 3 rings (SSSR count). The molecule has 1 atom stereocenters. The van der Waals surface area contributed by atoms with Crippen LogP contribution in [0.2, 0.25) is 0 Å². The van der Waals surface area contributed by atoms with Gasteiger partial charge in [0.25, 0.3) is 0 Å². The molecule has 2 N–H and O–H groups in total. The Morgan fingerprint density at radius 2 is 2.33 bits per heavy atom. The highest BCUT2D eigenvalue weighted by atomic mass is 19.1. The average Bonchev–Trinajstić information content (AvgIpc) is 2.50. The second kappa shape index (κ2) is 6.37. The molecule has 112 valence electrons. The maximum absolute atomic E-state index is 13.8. The first-order chi connectivity index (χ1) is 10.2. The Labute approximate surface area is 122 Å². The lowest BCUT2D eigenvalue weighted by molar-refractivity contribution is 0.0547. The second-order valence-corrected chi connectivity index (χ2v) is 5.54. The Bertz CT molecular complexity index is 678. The van der Waals surface area contributed by atoms with Crippen LogP contribution in [-0.2, 0) is 11.3 Å². The molecule has 0 spiro atoms. The summed E-state index contributed by atoms with van der Waals surface area (Å²) in [5, 5.41) is 3.70. The van der Waals surface area contributed by atoms with Gasteiger partial charge in [-0.25, -0.2) is 4.39 Å². The quantitative estimate of drug-likeness (QED) is 0.907. The summed E-state index contributed by atoms with van der Waals surface area (Å²) < 4.78 is 19.2. The van der Waals surface area contributed by atoms with Crippen LogP contribution in [0.25, 0.3) is 10.9 Å². The lowest BCUT2D eigenvalue weighted by atomic mass is 10.0. The largest absolute Gasteiger partial charge is 0.381 e. The molecular weight excluding hydrogens is 271 g/mol. The first-order valence-electron chi connectivity index (χ1n) is 7.33. The number of para-hydroxylation sites is 1. The number of benzene rings is 1. The van der Waals surface area contributed by atoms with Crippen molar-refractivity contribution >= 4 is 10.9 Å². The van der Waals surface area contributed by atoms with Crippen molar-refractivity contribution in [2.24, 2.45) is 5.92 Å². The molecule has 2 heterocycles. The third-order valence-corrected chi connectivity index (χ3v) is 3.87. The van der Waals surface area contributed by atoms with Crippen LogP contribution < -0.4 is 10.7 Å². The number of aromatic amines is 1. The maximum Gasteiger partial charge on any atom is 0.189 e. The van der Waals surface area contributed by atoms with Crippen LogP contribution in [0.4, 0.5) is 4.39 Å². The summed E-state index contributed by atoms with van der Waals surface area (Å²) in [6.45, 7) is 3.01. The van der Waals surface area contributed by atoms with Gasteiger partial charge in [-0.15, -0.1) is 0 Å². The topological polar surface area (TPSA) is 54.1 Å². The molecule has 1 aliphatic heterocycles. The minimum atomic E-state index is -0.396. The van der Waals surface area contributed by atoms with E-state index < -0.39 is 5.82 Å². The Kier molecular flexibility index (Phi) is 4.31. The first-order valence-corrected chi connectivity index (χ1v) is 7.33. The highest BCUT2D eigenvalue weighted by molar-refractivity contribution is 5.78. The van der Waals surface area contributed by atoms with Crippen molar-refractivity contribution in [1.29, 1.82) is 0 Å². The zero-order valence-corrected chi connectivity index (χ0v) is 11.8. The minimum Gasteiger partial charge on any atom is -0.381 e. The number of ether oxygens (including phenoxy) is 1. The first kappa shape index (κ1) is 14.2. The van der Waals surface area contributed by atoms with Gasteiger partial charge in [-0.2, -0.15) is 0 Å². The van der Waals surface area contributed by atoms with Gasteiger partial charge in [0.15, 0.2) is 5.43 Å². The molecular formula is C16H19FN2O2. The Morgan fingerprint density at radius 3 is 3.14 bits per heavy atom. The number of hydrogen-bond acceptors (Lipinski definition) is 3. The third-order valence-electron chi connectivity index (χ3n) is 3.87. The number of hydrogen-bond donors (Lipinski definition) is 2. The molecule has 1 aromatic carbocycles. The van der Waals surface area contributed by atoms with Crippen molar-refractivity contribution in [2.45, 2.75) is 19.4 Å². The van der Waals surface area contributed by atoms with E-state index in [1.165, 1.54) is 12.1 Å². The zero-order valence-electron chi connectivity index (χ0n) is 11.8. The lowest BCUT2D eigenvalue weighted by Crippen LogP contribution is -2.29. The van der Waals surface area contributed by atoms with Crippen LogP contribution in [-0.4, -0.2) is 24.7 Å². The fourth-order valence-corrected chi connectivity index (χ4v) is 2.76. The van der Waals surface area contributed by atoms with Crippen LogP contribution in [0.15, 0.2) is 29.1 Å². The number of rotatable bonds is 4. The summed E-state index contributed by atoms with van der Waals surface area (Å²) in [7, 11) is 0.